The first-order valence-electron chi connectivity index (χ1n) is 10.1. The van der Waals surface area contributed by atoms with Crippen LogP contribution < -0.4 is 20.4 Å². The molecule has 8 nitrogen and oxygen atoms in total. The van der Waals surface area contributed by atoms with E-state index < -0.39 is 0 Å². The second-order valence-corrected chi connectivity index (χ2v) is 7.55. The van der Waals surface area contributed by atoms with E-state index in [0.717, 1.165) is 43.1 Å². The molecule has 0 spiro atoms. The number of carbonyl (C=O) groups is 1. The molecular weight excluding hydrogens is 368 g/mol. The minimum atomic E-state index is -0.139. The van der Waals surface area contributed by atoms with Crippen LogP contribution in [0.4, 0.5) is 27.7 Å². The summed E-state index contributed by atoms with van der Waals surface area (Å²) < 4.78 is 0. The van der Waals surface area contributed by atoms with Gasteiger partial charge in [-0.1, -0.05) is 0 Å². The van der Waals surface area contributed by atoms with Gasteiger partial charge in [0.25, 0.3) is 0 Å². The van der Waals surface area contributed by atoms with Gasteiger partial charge in [-0.3, -0.25) is 4.90 Å². The first-order chi connectivity index (χ1) is 14.1. The average Bonchev–Trinajstić information content (AvgIpc) is 2.74. The van der Waals surface area contributed by atoms with Gasteiger partial charge < -0.3 is 25.5 Å². The zero-order valence-corrected chi connectivity index (χ0v) is 16.8. The largest absolute Gasteiger partial charge is 0.396 e. The third-order valence-electron chi connectivity index (χ3n) is 5.48. The quantitative estimate of drug-likeness (QED) is 0.693. The lowest BCUT2D eigenvalue weighted by atomic mass is 10.1. The number of benzene rings is 1. The van der Waals surface area contributed by atoms with Crippen LogP contribution in [0.2, 0.25) is 0 Å². The highest BCUT2D eigenvalue weighted by atomic mass is 16.3. The van der Waals surface area contributed by atoms with Crippen LogP contribution in [0, 0.1) is 0 Å². The number of hydrogen-bond donors (Lipinski definition) is 3. The lowest BCUT2D eigenvalue weighted by molar-refractivity contribution is 0.242. The summed E-state index contributed by atoms with van der Waals surface area (Å²) in [4.78, 5) is 23.1. The number of piperazine rings is 1. The van der Waals surface area contributed by atoms with Crippen LogP contribution in [0.25, 0.3) is 0 Å². The molecule has 8 heteroatoms. The predicted octanol–water partition coefficient (Wildman–Crippen LogP) is 1.99. The maximum absolute atomic E-state index is 12.2. The van der Waals surface area contributed by atoms with E-state index in [0.29, 0.717) is 25.3 Å². The third-order valence-corrected chi connectivity index (χ3v) is 5.48. The third kappa shape index (κ3) is 4.44. The monoisotopic (exact) mass is 396 g/mol. The van der Waals surface area contributed by atoms with Crippen LogP contribution in [-0.4, -0.2) is 67.4 Å². The van der Waals surface area contributed by atoms with Gasteiger partial charge in [0.1, 0.15) is 5.82 Å². The maximum Gasteiger partial charge on any atom is 0.322 e. The summed E-state index contributed by atoms with van der Waals surface area (Å²) in [6.45, 7) is 5.24. The maximum atomic E-state index is 12.2. The van der Waals surface area contributed by atoms with E-state index in [2.05, 4.69) is 56.7 Å². The second kappa shape index (κ2) is 8.67. The zero-order chi connectivity index (χ0) is 20.2. The molecule has 2 amide bonds. The Bertz CT molecular complexity index is 849. The number of amides is 2. The van der Waals surface area contributed by atoms with Gasteiger partial charge in [-0.05, 0) is 37.7 Å². The van der Waals surface area contributed by atoms with Crippen molar-refractivity contribution in [3.05, 3.63) is 42.1 Å². The van der Waals surface area contributed by atoms with Crippen molar-refractivity contribution in [2.45, 2.75) is 13.0 Å². The number of aliphatic hydroxyl groups is 1. The topological polar surface area (TPSA) is 84.0 Å². The van der Waals surface area contributed by atoms with Crippen molar-refractivity contribution >= 4 is 28.9 Å². The van der Waals surface area contributed by atoms with Crippen LogP contribution >= 0.6 is 0 Å². The van der Waals surface area contributed by atoms with Gasteiger partial charge in [0.05, 0.1) is 5.69 Å². The van der Waals surface area contributed by atoms with Crippen molar-refractivity contribution in [3.63, 3.8) is 0 Å². The van der Waals surface area contributed by atoms with Crippen LogP contribution in [0.1, 0.15) is 12.0 Å². The minimum absolute atomic E-state index is 0.0506. The van der Waals surface area contributed by atoms with Gasteiger partial charge in [-0.2, -0.15) is 0 Å². The van der Waals surface area contributed by atoms with E-state index in [1.807, 2.05) is 6.07 Å². The number of anilines is 4. The number of carbonyl (C=O) groups excluding carboxylic acids is 1. The summed E-state index contributed by atoms with van der Waals surface area (Å²) in [5.74, 6) is 0.694. The summed E-state index contributed by atoms with van der Waals surface area (Å²) >= 11 is 0. The molecule has 0 saturated carbocycles. The normalized spacial score (nSPS) is 17.1. The number of nitrogens with zero attached hydrogens (tertiary/aromatic N) is 4. The Hall–Kier alpha value is -2.84. The molecule has 2 aliphatic heterocycles. The summed E-state index contributed by atoms with van der Waals surface area (Å²) in [6.07, 6.45) is 2.33. The summed E-state index contributed by atoms with van der Waals surface area (Å²) in [6, 6.07) is 10.1. The molecule has 0 bridgehead atoms. The number of rotatable bonds is 6. The van der Waals surface area contributed by atoms with Gasteiger partial charge in [-0.25, -0.2) is 9.78 Å². The van der Waals surface area contributed by atoms with E-state index in [4.69, 9.17) is 5.11 Å². The smallest absolute Gasteiger partial charge is 0.322 e. The molecule has 1 aromatic carbocycles. The molecular formula is C21H28N6O2. The van der Waals surface area contributed by atoms with Crippen molar-refractivity contribution < 1.29 is 9.90 Å². The molecule has 154 valence electrons. The number of fused-ring (bicyclic) bond motifs is 1. The molecule has 4 rings (SSSR count). The van der Waals surface area contributed by atoms with Crippen molar-refractivity contribution in [1.82, 2.24) is 15.2 Å². The summed E-state index contributed by atoms with van der Waals surface area (Å²) in [5.41, 5.74) is 4.00. The number of nitrogens with one attached hydrogen (secondary N) is 2. The van der Waals surface area contributed by atoms with E-state index >= 15 is 0 Å². The molecule has 1 fully saturated rings. The summed E-state index contributed by atoms with van der Waals surface area (Å²) in [7, 11) is 2.16. The van der Waals surface area contributed by atoms with E-state index in [1.165, 1.54) is 5.69 Å². The first-order valence-corrected chi connectivity index (χ1v) is 10.1. The molecule has 0 aliphatic carbocycles. The number of likely N-dealkylation sites (N-methyl/N-ethyl adjacent to an activating group) is 1. The van der Waals surface area contributed by atoms with Crippen LogP contribution in [-0.2, 0) is 6.54 Å². The van der Waals surface area contributed by atoms with E-state index in [1.54, 1.807) is 11.1 Å². The zero-order valence-electron chi connectivity index (χ0n) is 16.8. The number of hydrogen-bond acceptors (Lipinski definition) is 6. The Kier molecular flexibility index (Phi) is 5.82. The lowest BCUT2D eigenvalue weighted by Gasteiger charge is -2.34. The molecule has 0 atom stereocenters. The molecule has 1 saturated heterocycles. The molecule has 0 unspecified atom stereocenters. The van der Waals surface area contributed by atoms with Crippen molar-refractivity contribution in [1.29, 1.82) is 0 Å². The average molecular weight is 396 g/mol. The summed E-state index contributed by atoms with van der Waals surface area (Å²) in [5, 5.41) is 15.3. The molecule has 29 heavy (non-hydrogen) atoms. The van der Waals surface area contributed by atoms with Crippen LogP contribution in [0.15, 0.2) is 36.5 Å². The van der Waals surface area contributed by atoms with Gasteiger partial charge >= 0.3 is 6.03 Å². The van der Waals surface area contributed by atoms with Gasteiger partial charge in [0, 0.05) is 75.1 Å². The predicted molar refractivity (Wildman–Crippen MR) is 115 cm³/mol. The molecule has 3 heterocycles. The fourth-order valence-electron chi connectivity index (χ4n) is 3.72. The highest BCUT2D eigenvalue weighted by molar-refractivity contribution is 5.95. The highest BCUT2D eigenvalue weighted by Crippen LogP contribution is 2.28. The molecule has 3 N–H and O–H groups in total. The SMILES string of the molecule is CN1CCN(c2ccc(Nc3cc4c(cn3)CNC(=O)N4CCCO)cc2)CC1. The van der Waals surface area contributed by atoms with Crippen molar-refractivity contribution in [2.75, 3.05) is 61.5 Å². The Balaban J connectivity index is 1.47. The van der Waals surface area contributed by atoms with Crippen LogP contribution in [0.3, 0.4) is 0 Å². The highest BCUT2D eigenvalue weighted by Gasteiger charge is 2.24. The number of aromatic nitrogens is 1. The van der Waals surface area contributed by atoms with Gasteiger partial charge in [0.15, 0.2) is 0 Å². The minimum Gasteiger partial charge on any atom is -0.396 e. The second-order valence-electron chi connectivity index (χ2n) is 7.55. The number of aliphatic hydroxyl groups excluding tert-OH is 1. The Morgan fingerprint density at radius 1 is 1.17 bits per heavy atom. The first kappa shape index (κ1) is 19.5. The Morgan fingerprint density at radius 3 is 2.66 bits per heavy atom. The fourth-order valence-corrected chi connectivity index (χ4v) is 3.72. The molecule has 1 aromatic heterocycles. The van der Waals surface area contributed by atoms with Crippen molar-refractivity contribution in [3.8, 4) is 0 Å². The van der Waals surface area contributed by atoms with Crippen LogP contribution in [0.5, 0.6) is 0 Å². The standard InChI is InChI=1S/C21H28N6O2/c1-25-8-10-26(11-9-25)18-5-3-17(4-6-18)24-20-13-19-16(14-22-20)15-23-21(29)27(19)7-2-12-28/h3-6,13-14,28H,2,7-12,15H2,1H3,(H,22,24)(H,23,29). The Morgan fingerprint density at radius 2 is 1.93 bits per heavy atom. The molecule has 2 aromatic rings. The van der Waals surface area contributed by atoms with Gasteiger partial charge in [-0.15, -0.1) is 0 Å². The van der Waals surface area contributed by atoms with E-state index in [9.17, 15) is 4.79 Å². The van der Waals surface area contributed by atoms with E-state index in [-0.39, 0.29) is 12.6 Å². The fraction of sp³-hybridized carbons (Fsp3) is 0.429. The number of pyridine rings is 1. The Labute approximate surface area is 171 Å². The molecule has 0 radical (unpaired) electrons. The van der Waals surface area contributed by atoms with Gasteiger partial charge in [0.2, 0.25) is 0 Å². The lowest BCUT2D eigenvalue weighted by Crippen LogP contribution is -2.44. The number of urea groups is 1. The molecule has 2 aliphatic rings. The van der Waals surface area contributed by atoms with Crippen molar-refractivity contribution in [2.24, 2.45) is 0 Å².